The van der Waals surface area contributed by atoms with Gasteiger partial charge in [-0.25, -0.2) is 4.79 Å². The molecule has 0 fully saturated rings. The fourth-order valence-corrected chi connectivity index (χ4v) is 3.18. The van der Waals surface area contributed by atoms with Crippen LogP contribution < -0.4 is 10.6 Å². The minimum absolute atomic E-state index is 0.0491. The van der Waals surface area contributed by atoms with Crippen molar-refractivity contribution in [3.05, 3.63) is 108 Å². The first-order chi connectivity index (χ1) is 16.6. The van der Waals surface area contributed by atoms with Gasteiger partial charge in [-0.3, -0.25) is 9.59 Å². The van der Waals surface area contributed by atoms with E-state index in [2.05, 4.69) is 10.6 Å². The molecule has 3 rings (SSSR count). The predicted molar refractivity (Wildman–Crippen MR) is 128 cm³/mol. The van der Waals surface area contributed by atoms with Crippen LogP contribution in [0.25, 0.3) is 0 Å². The quantitative estimate of drug-likeness (QED) is 0.425. The second-order valence-corrected chi connectivity index (χ2v) is 7.64. The van der Waals surface area contributed by atoms with Crippen LogP contribution in [0.15, 0.2) is 91.0 Å². The zero-order chi connectivity index (χ0) is 24.0. The van der Waals surface area contributed by atoms with E-state index in [1.165, 1.54) is 0 Å². The lowest BCUT2D eigenvalue weighted by atomic mass is 10.1. The van der Waals surface area contributed by atoms with Crippen LogP contribution in [-0.2, 0) is 38.7 Å². The number of ether oxygens (including phenoxy) is 2. The van der Waals surface area contributed by atoms with E-state index in [4.69, 9.17) is 9.47 Å². The van der Waals surface area contributed by atoms with Crippen molar-refractivity contribution in [1.82, 2.24) is 10.6 Å². The van der Waals surface area contributed by atoms with Gasteiger partial charge >= 0.3 is 12.1 Å². The molecule has 0 aliphatic carbocycles. The molecule has 0 saturated carbocycles. The zero-order valence-corrected chi connectivity index (χ0v) is 18.8. The van der Waals surface area contributed by atoms with Gasteiger partial charge in [0.1, 0.15) is 19.3 Å². The smallest absolute Gasteiger partial charge is 0.408 e. The minimum Gasteiger partial charge on any atom is -0.461 e. The van der Waals surface area contributed by atoms with Crippen molar-refractivity contribution in [2.45, 2.75) is 32.1 Å². The first-order valence-corrected chi connectivity index (χ1v) is 11.1. The van der Waals surface area contributed by atoms with Crippen molar-refractivity contribution in [2.24, 2.45) is 0 Å². The molecular formula is C27H28N2O5. The van der Waals surface area contributed by atoms with E-state index in [0.717, 1.165) is 16.7 Å². The molecule has 7 heteroatoms. The number of esters is 1. The Hall–Kier alpha value is -4.13. The molecule has 0 aromatic heterocycles. The Morgan fingerprint density at radius 2 is 1.18 bits per heavy atom. The number of hydrogen-bond donors (Lipinski definition) is 2. The fourth-order valence-electron chi connectivity index (χ4n) is 3.18. The van der Waals surface area contributed by atoms with Gasteiger partial charge in [0.2, 0.25) is 5.91 Å². The van der Waals surface area contributed by atoms with Gasteiger partial charge in [0.15, 0.2) is 0 Å². The highest BCUT2D eigenvalue weighted by atomic mass is 16.5. The maximum absolute atomic E-state index is 12.8. The molecule has 0 bridgehead atoms. The van der Waals surface area contributed by atoms with Crippen molar-refractivity contribution in [3.8, 4) is 0 Å². The van der Waals surface area contributed by atoms with E-state index >= 15 is 0 Å². The van der Waals surface area contributed by atoms with Crippen LogP contribution in [0.3, 0.4) is 0 Å². The Kier molecular flexibility index (Phi) is 9.68. The van der Waals surface area contributed by atoms with Crippen molar-refractivity contribution in [3.63, 3.8) is 0 Å². The number of hydrogen-bond acceptors (Lipinski definition) is 5. The van der Waals surface area contributed by atoms with E-state index in [1.807, 2.05) is 91.0 Å². The zero-order valence-electron chi connectivity index (χ0n) is 18.8. The molecule has 0 radical (unpaired) electrons. The molecule has 0 aliphatic rings. The molecule has 0 heterocycles. The van der Waals surface area contributed by atoms with E-state index in [1.54, 1.807) is 0 Å². The fraction of sp³-hybridized carbons (Fsp3) is 0.222. The molecule has 0 saturated heterocycles. The topological polar surface area (TPSA) is 93.7 Å². The minimum atomic E-state index is -1.12. The van der Waals surface area contributed by atoms with Gasteiger partial charge in [0.25, 0.3) is 0 Å². The number of nitrogens with one attached hydrogen (secondary N) is 2. The van der Waals surface area contributed by atoms with E-state index in [-0.39, 0.29) is 19.6 Å². The highest BCUT2D eigenvalue weighted by molar-refractivity contribution is 5.89. The van der Waals surface area contributed by atoms with Gasteiger partial charge in [0, 0.05) is 6.54 Å². The highest BCUT2D eigenvalue weighted by Gasteiger charge is 2.25. The van der Waals surface area contributed by atoms with E-state index < -0.39 is 24.0 Å². The van der Waals surface area contributed by atoms with Crippen molar-refractivity contribution >= 4 is 18.0 Å². The Balaban J connectivity index is 1.54. The summed E-state index contributed by atoms with van der Waals surface area (Å²) in [5.74, 6) is -1.08. The van der Waals surface area contributed by atoms with Crippen LogP contribution in [0.2, 0.25) is 0 Å². The lowest BCUT2D eigenvalue weighted by Gasteiger charge is -2.18. The number of alkyl carbamates (subject to hydrolysis) is 1. The largest absolute Gasteiger partial charge is 0.461 e. The number of amides is 2. The lowest BCUT2D eigenvalue weighted by molar-refractivity contribution is -0.147. The standard InChI is InChI=1S/C27H28N2O5/c30-25(33-19-22-12-6-2-7-13-22)18-24(26(31)28-17-16-21-10-4-1-5-11-21)29-27(32)34-20-23-14-8-3-9-15-23/h1-15,24H,16-20H2,(H,28,31)(H,29,32)/t24-/m0/s1. The average molecular weight is 461 g/mol. The Bertz CT molecular complexity index is 985. The van der Waals surface area contributed by atoms with Crippen LogP contribution in [0.5, 0.6) is 0 Å². The first-order valence-electron chi connectivity index (χ1n) is 11.1. The molecule has 176 valence electrons. The van der Waals surface area contributed by atoms with Gasteiger partial charge in [-0.2, -0.15) is 0 Å². The molecule has 3 aromatic rings. The summed E-state index contributed by atoms with van der Waals surface area (Å²) < 4.78 is 10.5. The maximum Gasteiger partial charge on any atom is 0.408 e. The van der Waals surface area contributed by atoms with Crippen molar-refractivity contribution in [1.29, 1.82) is 0 Å². The summed E-state index contributed by atoms with van der Waals surface area (Å²) in [4.78, 5) is 37.5. The number of carbonyl (C=O) groups is 3. The third-order valence-electron chi connectivity index (χ3n) is 4.99. The van der Waals surface area contributed by atoms with Gasteiger partial charge in [-0.15, -0.1) is 0 Å². The number of carbonyl (C=O) groups excluding carboxylic acids is 3. The monoisotopic (exact) mass is 460 g/mol. The second kappa shape index (κ2) is 13.4. The number of rotatable bonds is 11. The van der Waals surface area contributed by atoms with Crippen molar-refractivity contribution in [2.75, 3.05) is 6.54 Å². The lowest BCUT2D eigenvalue weighted by Crippen LogP contribution is -2.48. The predicted octanol–water partition coefficient (Wildman–Crippen LogP) is 3.77. The SMILES string of the molecule is O=C(C[C@H](NC(=O)OCc1ccccc1)C(=O)NCCc1ccccc1)OCc1ccccc1. The van der Waals surface area contributed by atoms with Crippen LogP contribution in [-0.4, -0.2) is 30.6 Å². The van der Waals surface area contributed by atoms with Gasteiger partial charge in [-0.1, -0.05) is 91.0 Å². The van der Waals surface area contributed by atoms with Crippen LogP contribution >= 0.6 is 0 Å². The van der Waals surface area contributed by atoms with Gasteiger partial charge < -0.3 is 20.1 Å². The Labute approximate surface area is 199 Å². The highest BCUT2D eigenvalue weighted by Crippen LogP contribution is 2.06. The molecule has 7 nitrogen and oxygen atoms in total. The molecule has 1 atom stereocenters. The van der Waals surface area contributed by atoms with Crippen LogP contribution in [0.4, 0.5) is 4.79 Å². The third-order valence-corrected chi connectivity index (χ3v) is 4.99. The normalized spacial score (nSPS) is 11.2. The van der Waals surface area contributed by atoms with Crippen LogP contribution in [0, 0.1) is 0 Å². The van der Waals surface area contributed by atoms with Crippen LogP contribution in [0.1, 0.15) is 23.1 Å². The Morgan fingerprint density at radius 1 is 0.676 bits per heavy atom. The Morgan fingerprint density at radius 3 is 1.74 bits per heavy atom. The molecule has 0 aliphatic heterocycles. The molecule has 0 unspecified atom stereocenters. The first kappa shape index (κ1) is 24.5. The summed E-state index contributed by atoms with van der Waals surface area (Å²) >= 11 is 0. The summed E-state index contributed by atoms with van der Waals surface area (Å²) in [6, 6.07) is 27.0. The van der Waals surface area contributed by atoms with Crippen molar-refractivity contribution < 1.29 is 23.9 Å². The van der Waals surface area contributed by atoms with Gasteiger partial charge in [0.05, 0.1) is 6.42 Å². The molecular weight excluding hydrogens is 432 g/mol. The summed E-state index contributed by atoms with van der Waals surface area (Å²) in [7, 11) is 0. The number of benzene rings is 3. The summed E-state index contributed by atoms with van der Waals surface area (Å²) in [5, 5.41) is 5.26. The average Bonchev–Trinajstić information content (AvgIpc) is 2.87. The molecule has 34 heavy (non-hydrogen) atoms. The molecule has 0 spiro atoms. The summed E-state index contributed by atoms with van der Waals surface area (Å²) in [6.45, 7) is 0.493. The maximum atomic E-state index is 12.8. The molecule has 3 aromatic carbocycles. The summed E-state index contributed by atoms with van der Waals surface area (Å²) in [5.41, 5.74) is 2.70. The van der Waals surface area contributed by atoms with E-state index in [0.29, 0.717) is 13.0 Å². The summed E-state index contributed by atoms with van der Waals surface area (Å²) in [6.07, 6.45) is -0.483. The van der Waals surface area contributed by atoms with Gasteiger partial charge in [-0.05, 0) is 23.1 Å². The second-order valence-electron chi connectivity index (χ2n) is 7.64. The molecule has 2 amide bonds. The van der Waals surface area contributed by atoms with E-state index in [9.17, 15) is 14.4 Å². The molecule has 2 N–H and O–H groups in total. The third kappa shape index (κ3) is 8.78.